The fourth-order valence-electron chi connectivity index (χ4n) is 5.04. The molecule has 34 heavy (non-hydrogen) atoms. The number of pyridine rings is 1. The van der Waals surface area contributed by atoms with Gasteiger partial charge in [0.25, 0.3) is 0 Å². The van der Waals surface area contributed by atoms with Gasteiger partial charge in [0.1, 0.15) is 0 Å². The number of thioether (sulfide) groups is 1. The van der Waals surface area contributed by atoms with Crippen molar-refractivity contribution in [1.29, 1.82) is 0 Å². The maximum atomic E-state index is 13.1. The van der Waals surface area contributed by atoms with E-state index in [2.05, 4.69) is 42.8 Å². The van der Waals surface area contributed by atoms with Gasteiger partial charge in [0, 0.05) is 27.4 Å². The topological polar surface area (TPSA) is 51.3 Å². The Balaban J connectivity index is 2.09. The lowest BCUT2D eigenvalue weighted by atomic mass is 9.85. The lowest BCUT2D eigenvalue weighted by molar-refractivity contribution is -0.164. The molecule has 3 aliphatic rings. The van der Waals surface area contributed by atoms with Gasteiger partial charge in [0.15, 0.2) is 6.10 Å². The van der Waals surface area contributed by atoms with Gasteiger partial charge >= 0.3 is 5.97 Å². The van der Waals surface area contributed by atoms with Crippen molar-refractivity contribution in [3.8, 4) is 22.4 Å². The number of benzene rings is 1. The van der Waals surface area contributed by atoms with Crippen molar-refractivity contribution in [1.82, 2.24) is 4.98 Å². The molecule has 180 valence electrons. The monoisotopic (exact) mass is 477 g/mol. The number of carbonyl (C=O) groups excluding carboxylic acids is 1. The van der Waals surface area contributed by atoms with Crippen LogP contribution in [0.25, 0.3) is 22.4 Å². The number of rotatable bonds is 6. The van der Waals surface area contributed by atoms with E-state index in [1.807, 2.05) is 33.1 Å². The third-order valence-corrected chi connectivity index (χ3v) is 7.34. The maximum Gasteiger partial charge on any atom is 0.339 e. The van der Waals surface area contributed by atoms with Crippen molar-refractivity contribution in [2.45, 2.75) is 76.9 Å². The third kappa shape index (κ3) is 4.69. The number of aromatic amines is 1. The molecule has 0 saturated carbocycles. The van der Waals surface area contributed by atoms with Crippen LogP contribution in [0.15, 0.2) is 41.1 Å². The number of aromatic nitrogens is 1. The first-order valence-corrected chi connectivity index (χ1v) is 12.8. The Morgan fingerprint density at radius 3 is 2.56 bits per heavy atom. The van der Waals surface area contributed by atoms with Crippen molar-refractivity contribution in [3.63, 3.8) is 0 Å². The molecule has 1 aliphatic heterocycles. The predicted molar refractivity (Wildman–Crippen MR) is 141 cm³/mol. The number of methoxy groups -OCH3 is 1. The van der Waals surface area contributed by atoms with Crippen LogP contribution in [0.3, 0.4) is 0 Å². The normalized spacial score (nSPS) is 14.6. The Bertz CT molecular complexity index is 1200. The minimum absolute atomic E-state index is 0.389. The van der Waals surface area contributed by atoms with Crippen LogP contribution in [0.4, 0.5) is 0 Å². The van der Waals surface area contributed by atoms with Crippen molar-refractivity contribution >= 4 is 17.7 Å². The smallest absolute Gasteiger partial charge is 0.339 e. The highest BCUT2D eigenvalue weighted by Gasteiger charge is 2.35. The zero-order chi connectivity index (χ0) is 24.6. The molecular formula is C29H35NO3S. The summed E-state index contributed by atoms with van der Waals surface area (Å²) in [7, 11) is 1.42. The molecule has 5 heteroatoms. The van der Waals surface area contributed by atoms with Crippen LogP contribution in [0.1, 0.15) is 67.7 Å². The molecule has 1 unspecified atom stereocenters. The number of nitrogens with one attached hydrogen (secondary N) is 1. The van der Waals surface area contributed by atoms with Crippen LogP contribution >= 0.6 is 11.8 Å². The van der Waals surface area contributed by atoms with Crippen molar-refractivity contribution in [2.24, 2.45) is 0 Å². The second-order valence-electron chi connectivity index (χ2n) is 10.1. The summed E-state index contributed by atoms with van der Waals surface area (Å²) in [5.74, 6) is -0.389. The zero-order valence-electron chi connectivity index (χ0n) is 21.1. The lowest BCUT2D eigenvalue weighted by Gasteiger charge is -2.30. The Labute approximate surface area is 207 Å². The molecule has 0 saturated heterocycles. The molecule has 0 fully saturated rings. The van der Waals surface area contributed by atoms with Crippen molar-refractivity contribution in [3.05, 3.63) is 64.2 Å². The molecule has 4 rings (SSSR count). The van der Waals surface area contributed by atoms with Crippen molar-refractivity contribution in [2.75, 3.05) is 7.11 Å². The lowest BCUT2D eigenvalue weighted by Crippen LogP contribution is -2.29. The molecule has 0 spiro atoms. The van der Waals surface area contributed by atoms with Crippen molar-refractivity contribution < 1.29 is 14.3 Å². The molecule has 1 atom stereocenters. The Hall–Kier alpha value is -2.50. The Kier molecular flexibility index (Phi) is 6.97. The summed E-state index contributed by atoms with van der Waals surface area (Å²) >= 11 is 1.62. The fourth-order valence-corrected chi connectivity index (χ4v) is 5.67. The van der Waals surface area contributed by atoms with E-state index in [1.165, 1.54) is 42.2 Å². The minimum atomic E-state index is -0.841. The zero-order valence-corrected chi connectivity index (χ0v) is 21.9. The molecule has 0 radical (unpaired) electrons. The summed E-state index contributed by atoms with van der Waals surface area (Å²) in [6, 6.07) is 8.83. The number of esters is 1. The van der Waals surface area contributed by atoms with Crippen LogP contribution < -0.4 is 0 Å². The second-order valence-corrected chi connectivity index (χ2v) is 11.1. The SMILES string of the molecule is C=CSc1cc(-c2c3c4c(cc-3[nH]c(C)c2C(OC(C)(C)C)C(=O)OC)CCCC4)ccc1C. The maximum absolute atomic E-state index is 13.1. The molecule has 0 amide bonds. The van der Waals surface area contributed by atoms with E-state index in [4.69, 9.17) is 9.47 Å². The number of hydrogen-bond acceptors (Lipinski definition) is 4. The van der Waals surface area contributed by atoms with E-state index < -0.39 is 11.7 Å². The molecule has 0 bridgehead atoms. The minimum Gasteiger partial charge on any atom is -0.467 e. The Morgan fingerprint density at radius 1 is 1.15 bits per heavy atom. The van der Waals surface area contributed by atoms with E-state index in [9.17, 15) is 4.79 Å². The molecular weight excluding hydrogens is 442 g/mol. The summed E-state index contributed by atoms with van der Waals surface area (Å²) in [6.45, 7) is 14.0. The molecule has 1 N–H and O–H groups in total. The van der Waals surface area contributed by atoms with Gasteiger partial charge < -0.3 is 14.5 Å². The summed E-state index contributed by atoms with van der Waals surface area (Å²) < 4.78 is 11.6. The third-order valence-electron chi connectivity index (χ3n) is 6.48. The highest BCUT2D eigenvalue weighted by atomic mass is 32.2. The van der Waals surface area contributed by atoms with E-state index in [-0.39, 0.29) is 5.97 Å². The molecule has 0 aromatic heterocycles. The molecule has 1 aromatic rings. The summed E-state index contributed by atoms with van der Waals surface area (Å²) in [5, 5.41) is 1.86. The van der Waals surface area contributed by atoms with E-state index in [0.717, 1.165) is 45.8 Å². The van der Waals surface area contributed by atoms with Gasteiger partial charge in [0.05, 0.1) is 12.7 Å². The number of fused-ring (bicyclic) bond motifs is 3. The van der Waals surface area contributed by atoms with Crippen LogP contribution in [0, 0.1) is 13.8 Å². The number of hydrogen-bond donors (Lipinski definition) is 1. The summed E-state index contributed by atoms with van der Waals surface area (Å²) in [6.07, 6.45) is 3.69. The van der Waals surface area contributed by atoms with E-state index >= 15 is 0 Å². The molecule has 4 nitrogen and oxygen atoms in total. The summed E-state index contributed by atoms with van der Waals surface area (Å²) in [4.78, 5) is 17.9. The van der Waals surface area contributed by atoms with Crippen LogP contribution in [-0.4, -0.2) is 23.7 Å². The van der Waals surface area contributed by atoms with Gasteiger partial charge in [-0.2, -0.15) is 0 Å². The van der Waals surface area contributed by atoms with Gasteiger partial charge in [-0.1, -0.05) is 30.5 Å². The highest BCUT2D eigenvalue weighted by Crippen LogP contribution is 2.47. The molecule has 2 aliphatic carbocycles. The van der Waals surface area contributed by atoms with Gasteiger partial charge in [0.2, 0.25) is 0 Å². The number of H-pyrrole nitrogens is 1. The van der Waals surface area contributed by atoms with Gasteiger partial charge in [-0.25, -0.2) is 4.79 Å². The first kappa shape index (κ1) is 24.6. The van der Waals surface area contributed by atoms with Crippen LogP contribution in [-0.2, 0) is 27.1 Å². The number of aryl methyl sites for hydroxylation is 3. The van der Waals surface area contributed by atoms with Crippen LogP contribution in [0.5, 0.6) is 0 Å². The van der Waals surface area contributed by atoms with Gasteiger partial charge in [-0.3, -0.25) is 0 Å². The first-order chi connectivity index (χ1) is 16.1. The van der Waals surface area contributed by atoms with Gasteiger partial charge in [-0.05, 0) is 106 Å². The predicted octanol–water partition coefficient (Wildman–Crippen LogP) is 7.55. The van der Waals surface area contributed by atoms with E-state index in [1.54, 1.807) is 11.8 Å². The number of carbonyl (C=O) groups is 1. The average molecular weight is 478 g/mol. The molecule has 1 aromatic carbocycles. The molecule has 1 heterocycles. The van der Waals surface area contributed by atoms with Gasteiger partial charge in [-0.15, -0.1) is 0 Å². The summed E-state index contributed by atoms with van der Waals surface area (Å²) in [5.41, 5.74) is 9.74. The standard InChI is InChI=1S/C29H35NO3S/c1-8-34-23-16-20(14-13-17(23)2)25-24(27(28(31)32-7)33-29(4,5)6)18(3)30-22-15-19-11-9-10-12-21(19)26(22)25/h8,13-16,27,30H,1,9-12H2,2-7H3. The van der Waals surface area contributed by atoms with Crippen LogP contribution in [0.2, 0.25) is 0 Å². The second kappa shape index (κ2) is 9.63. The average Bonchev–Trinajstić information content (AvgIpc) is 3.15. The quantitative estimate of drug-likeness (QED) is 0.294. The largest absolute Gasteiger partial charge is 0.467 e. The number of ether oxygens (including phenoxy) is 2. The highest BCUT2D eigenvalue weighted by molar-refractivity contribution is 8.02. The van der Waals surface area contributed by atoms with E-state index in [0.29, 0.717) is 0 Å². The first-order valence-electron chi connectivity index (χ1n) is 12.0. The fraction of sp³-hybridized carbons (Fsp3) is 0.414. The Morgan fingerprint density at radius 2 is 1.88 bits per heavy atom.